The number of rotatable bonds is 6. The van der Waals surface area contributed by atoms with E-state index in [0.29, 0.717) is 23.2 Å². The van der Waals surface area contributed by atoms with Gasteiger partial charge in [0.25, 0.3) is 5.91 Å². The Labute approximate surface area is 160 Å². The molecule has 1 amide bonds. The third-order valence-electron chi connectivity index (χ3n) is 4.36. The summed E-state index contributed by atoms with van der Waals surface area (Å²) in [6, 6.07) is 16.7. The molecule has 2 aromatic carbocycles. The molecule has 0 aliphatic heterocycles. The Kier molecular flexibility index (Phi) is 4.98. The van der Waals surface area contributed by atoms with Crippen LogP contribution in [-0.4, -0.2) is 22.0 Å². The van der Waals surface area contributed by atoms with Gasteiger partial charge in [0.15, 0.2) is 0 Å². The lowest BCUT2D eigenvalue weighted by Crippen LogP contribution is -2.25. The van der Waals surface area contributed by atoms with Gasteiger partial charge in [0.05, 0.1) is 4.88 Å². The van der Waals surface area contributed by atoms with Crippen LogP contribution in [0, 0.1) is 5.82 Å². The Bertz CT molecular complexity index is 1070. The Morgan fingerprint density at radius 3 is 2.81 bits per heavy atom. The highest BCUT2D eigenvalue weighted by atomic mass is 32.1. The number of fused-ring (bicyclic) bond motifs is 1. The second-order valence-electron chi connectivity index (χ2n) is 6.23. The Balaban J connectivity index is 1.38. The molecule has 2 heterocycles. The van der Waals surface area contributed by atoms with Crippen LogP contribution in [0.5, 0.6) is 0 Å². The van der Waals surface area contributed by atoms with E-state index in [9.17, 15) is 9.18 Å². The summed E-state index contributed by atoms with van der Waals surface area (Å²) < 4.78 is 16.6. The number of hydrogen-bond acceptors (Lipinski definition) is 3. The number of aromatic nitrogens is 2. The maximum atomic E-state index is 13.8. The lowest BCUT2D eigenvalue weighted by molar-refractivity contribution is 0.0958. The summed E-state index contributed by atoms with van der Waals surface area (Å²) in [6.07, 6.45) is 4.35. The average molecular weight is 379 g/mol. The van der Waals surface area contributed by atoms with Crippen molar-refractivity contribution in [1.82, 2.24) is 14.9 Å². The van der Waals surface area contributed by atoms with Crippen LogP contribution < -0.4 is 5.32 Å². The standard InChI is InChI=1S/C21H18FN3OS/c22-17-7-4-8-18-16(17)13-19(27-18)21(26)24-10-9-20-23-11-12-25(20)14-15-5-2-1-3-6-15/h1-8,11-13H,9-10,14H2,(H,24,26). The van der Waals surface area contributed by atoms with Crippen LogP contribution in [0.25, 0.3) is 10.1 Å². The van der Waals surface area contributed by atoms with E-state index in [1.165, 1.54) is 23.0 Å². The first-order chi connectivity index (χ1) is 13.2. The number of carbonyl (C=O) groups is 1. The third-order valence-corrected chi connectivity index (χ3v) is 5.46. The highest BCUT2D eigenvalue weighted by Gasteiger charge is 2.12. The van der Waals surface area contributed by atoms with Gasteiger partial charge in [0.2, 0.25) is 0 Å². The van der Waals surface area contributed by atoms with Gasteiger partial charge in [-0.25, -0.2) is 9.37 Å². The number of thiophene rings is 1. The SMILES string of the molecule is O=C(NCCc1nccn1Cc1ccccc1)c1cc2c(F)cccc2s1. The molecule has 0 saturated carbocycles. The zero-order valence-corrected chi connectivity index (χ0v) is 15.4. The van der Waals surface area contributed by atoms with Gasteiger partial charge in [0.1, 0.15) is 11.6 Å². The lowest BCUT2D eigenvalue weighted by atomic mass is 10.2. The largest absolute Gasteiger partial charge is 0.351 e. The van der Waals surface area contributed by atoms with E-state index in [1.54, 1.807) is 18.3 Å². The Morgan fingerprint density at radius 2 is 2.00 bits per heavy atom. The Morgan fingerprint density at radius 1 is 1.15 bits per heavy atom. The number of imidazole rings is 1. The highest BCUT2D eigenvalue weighted by Crippen LogP contribution is 2.27. The molecule has 0 atom stereocenters. The van der Waals surface area contributed by atoms with Crippen molar-refractivity contribution < 1.29 is 9.18 Å². The van der Waals surface area contributed by atoms with Crippen molar-refractivity contribution in [3.8, 4) is 0 Å². The topological polar surface area (TPSA) is 46.9 Å². The number of carbonyl (C=O) groups excluding carboxylic acids is 1. The van der Waals surface area contributed by atoms with Crippen LogP contribution >= 0.6 is 11.3 Å². The Hall–Kier alpha value is -2.99. The number of nitrogens with one attached hydrogen (secondary N) is 1. The molecule has 4 rings (SSSR count). The van der Waals surface area contributed by atoms with Crippen molar-refractivity contribution >= 4 is 27.3 Å². The molecule has 136 valence electrons. The summed E-state index contributed by atoms with van der Waals surface area (Å²) in [5, 5.41) is 3.40. The van der Waals surface area contributed by atoms with Crippen molar-refractivity contribution in [2.24, 2.45) is 0 Å². The number of halogens is 1. The maximum Gasteiger partial charge on any atom is 0.261 e. The predicted octanol–water partition coefficient (Wildman–Crippen LogP) is 4.26. The first kappa shape index (κ1) is 17.4. The fraction of sp³-hybridized carbons (Fsp3) is 0.143. The van der Waals surface area contributed by atoms with Gasteiger partial charge in [-0.15, -0.1) is 11.3 Å². The van der Waals surface area contributed by atoms with Crippen molar-refractivity contribution in [3.63, 3.8) is 0 Å². The van der Waals surface area contributed by atoms with Crippen molar-refractivity contribution in [1.29, 1.82) is 0 Å². The van der Waals surface area contributed by atoms with Gasteiger partial charge < -0.3 is 9.88 Å². The molecular formula is C21H18FN3OS. The molecule has 0 radical (unpaired) electrons. The van der Waals surface area contributed by atoms with Gasteiger partial charge in [-0.05, 0) is 23.8 Å². The fourth-order valence-corrected chi connectivity index (χ4v) is 4.00. The second kappa shape index (κ2) is 7.72. The molecule has 0 aliphatic rings. The van der Waals surface area contributed by atoms with E-state index in [2.05, 4.69) is 27.0 Å². The monoisotopic (exact) mass is 379 g/mol. The van der Waals surface area contributed by atoms with E-state index >= 15 is 0 Å². The van der Waals surface area contributed by atoms with E-state index < -0.39 is 0 Å². The molecule has 27 heavy (non-hydrogen) atoms. The minimum Gasteiger partial charge on any atom is -0.351 e. The summed E-state index contributed by atoms with van der Waals surface area (Å²) in [5.41, 5.74) is 1.20. The normalized spacial score (nSPS) is 11.0. The van der Waals surface area contributed by atoms with Crippen LogP contribution in [0.1, 0.15) is 21.1 Å². The molecule has 0 fully saturated rings. The van der Waals surface area contributed by atoms with E-state index in [-0.39, 0.29) is 11.7 Å². The number of nitrogens with zero attached hydrogens (tertiary/aromatic N) is 2. The van der Waals surface area contributed by atoms with Gasteiger partial charge in [-0.2, -0.15) is 0 Å². The van der Waals surface area contributed by atoms with Gasteiger partial charge in [-0.1, -0.05) is 36.4 Å². The molecule has 0 spiro atoms. The summed E-state index contributed by atoms with van der Waals surface area (Å²) in [4.78, 5) is 17.3. The predicted molar refractivity (Wildman–Crippen MR) is 106 cm³/mol. The quantitative estimate of drug-likeness (QED) is 0.544. The number of hydrogen-bond donors (Lipinski definition) is 1. The molecule has 1 N–H and O–H groups in total. The molecule has 0 saturated heterocycles. The molecule has 0 aliphatic carbocycles. The van der Waals surface area contributed by atoms with Crippen LogP contribution in [0.4, 0.5) is 4.39 Å². The summed E-state index contributed by atoms with van der Waals surface area (Å²) in [5.74, 6) is 0.434. The molecule has 0 bridgehead atoms. The van der Waals surface area contributed by atoms with Crippen LogP contribution in [-0.2, 0) is 13.0 Å². The van der Waals surface area contributed by atoms with Crippen molar-refractivity contribution in [2.75, 3.05) is 6.54 Å². The smallest absolute Gasteiger partial charge is 0.261 e. The van der Waals surface area contributed by atoms with Crippen LogP contribution in [0.15, 0.2) is 67.0 Å². The zero-order chi connectivity index (χ0) is 18.6. The van der Waals surface area contributed by atoms with E-state index in [0.717, 1.165) is 17.1 Å². The molecule has 0 unspecified atom stereocenters. The first-order valence-corrected chi connectivity index (χ1v) is 9.52. The molecular weight excluding hydrogens is 361 g/mol. The second-order valence-corrected chi connectivity index (χ2v) is 7.31. The van der Waals surface area contributed by atoms with Crippen molar-refractivity contribution in [2.45, 2.75) is 13.0 Å². The van der Waals surface area contributed by atoms with Gasteiger partial charge >= 0.3 is 0 Å². The first-order valence-electron chi connectivity index (χ1n) is 8.71. The van der Waals surface area contributed by atoms with E-state index in [4.69, 9.17) is 0 Å². The minimum absolute atomic E-state index is 0.184. The van der Waals surface area contributed by atoms with E-state index in [1.807, 2.05) is 30.5 Å². The van der Waals surface area contributed by atoms with Crippen LogP contribution in [0.2, 0.25) is 0 Å². The van der Waals surface area contributed by atoms with Gasteiger partial charge in [-0.3, -0.25) is 4.79 Å². The fourth-order valence-electron chi connectivity index (χ4n) is 3.00. The van der Waals surface area contributed by atoms with Crippen molar-refractivity contribution in [3.05, 3.63) is 89.1 Å². The molecule has 6 heteroatoms. The summed E-state index contributed by atoms with van der Waals surface area (Å²) >= 11 is 1.30. The zero-order valence-electron chi connectivity index (χ0n) is 14.6. The summed E-state index contributed by atoms with van der Waals surface area (Å²) in [6.45, 7) is 1.22. The minimum atomic E-state index is -0.300. The van der Waals surface area contributed by atoms with Gasteiger partial charge in [0, 0.05) is 42.0 Å². The third kappa shape index (κ3) is 3.90. The highest BCUT2D eigenvalue weighted by molar-refractivity contribution is 7.20. The van der Waals surface area contributed by atoms with Crippen LogP contribution in [0.3, 0.4) is 0 Å². The molecule has 2 aromatic heterocycles. The number of benzene rings is 2. The molecule has 4 aromatic rings. The average Bonchev–Trinajstić information content (AvgIpc) is 3.30. The lowest BCUT2D eigenvalue weighted by Gasteiger charge is -2.08. The molecule has 4 nitrogen and oxygen atoms in total. The number of amides is 1. The summed E-state index contributed by atoms with van der Waals surface area (Å²) in [7, 11) is 0. The maximum absolute atomic E-state index is 13.8.